The molecule has 0 saturated carbocycles. The van der Waals surface area contributed by atoms with Crippen LogP contribution >= 0.6 is 22.7 Å². The molecule has 1 unspecified atom stereocenters. The van der Waals surface area contributed by atoms with Crippen LogP contribution in [0.15, 0.2) is 11.4 Å². The summed E-state index contributed by atoms with van der Waals surface area (Å²) in [4.78, 5) is 21.9. The predicted octanol–water partition coefficient (Wildman–Crippen LogP) is 3.23. The molecule has 0 aromatic carbocycles. The number of rotatable bonds is 4. The summed E-state index contributed by atoms with van der Waals surface area (Å²) in [5, 5.41) is 5.79. The number of ether oxygens (including phenoxy) is 1. The maximum atomic E-state index is 12.4. The topological polar surface area (TPSA) is 54.5 Å². The Hall–Kier alpha value is -1.28. The summed E-state index contributed by atoms with van der Waals surface area (Å²) in [5.41, 5.74) is 2.47. The van der Waals surface area contributed by atoms with Crippen LogP contribution in [-0.4, -0.2) is 35.5 Å². The lowest BCUT2D eigenvalue weighted by Gasteiger charge is -2.23. The van der Waals surface area contributed by atoms with Crippen molar-refractivity contribution in [1.82, 2.24) is 9.88 Å². The van der Waals surface area contributed by atoms with Gasteiger partial charge in [-0.15, -0.1) is 22.7 Å². The minimum atomic E-state index is -0.112. The van der Waals surface area contributed by atoms with Crippen LogP contribution < -0.4 is 5.32 Å². The van der Waals surface area contributed by atoms with Crippen LogP contribution in [0.25, 0.3) is 0 Å². The van der Waals surface area contributed by atoms with Crippen molar-refractivity contribution in [3.05, 3.63) is 32.5 Å². The molecule has 2 aliphatic heterocycles. The van der Waals surface area contributed by atoms with E-state index in [0.29, 0.717) is 13.0 Å². The Morgan fingerprint density at radius 1 is 1.50 bits per heavy atom. The maximum absolute atomic E-state index is 12.4. The molecule has 4 rings (SSSR count). The Morgan fingerprint density at radius 3 is 3.29 bits per heavy atom. The van der Waals surface area contributed by atoms with Crippen molar-refractivity contribution in [3.63, 3.8) is 0 Å². The summed E-state index contributed by atoms with van der Waals surface area (Å²) in [6.45, 7) is 5.93. The molecule has 4 heterocycles. The van der Waals surface area contributed by atoms with Gasteiger partial charge in [0.15, 0.2) is 5.13 Å². The zero-order chi connectivity index (χ0) is 16.5. The Morgan fingerprint density at radius 2 is 2.42 bits per heavy atom. The Kier molecular flexibility index (Phi) is 4.67. The van der Waals surface area contributed by atoms with Crippen molar-refractivity contribution in [1.29, 1.82) is 0 Å². The molecular weight excluding hydrogens is 342 g/mol. The summed E-state index contributed by atoms with van der Waals surface area (Å²) in [5.74, 6) is -0.0142. The van der Waals surface area contributed by atoms with Crippen molar-refractivity contribution in [2.75, 3.05) is 25.0 Å². The molecule has 128 valence electrons. The summed E-state index contributed by atoms with van der Waals surface area (Å²) in [6, 6.07) is 2.14. The molecule has 2 aromatic rings. The maximum Gasteiger partial charge on any atom is 0.229 e. The Bertz CT molecular complexity index is 740. The number of hydrogen-bond donors (Lipinski definition) is 1. The largest absolute Gasteiger partial charge is 0.372 e. The number of likely N-dealkylation sites (N-methyl/N-ethyl adjacent to an activating group) is 1. The Balaban J connectivity index is 1.40. The van der Waals surface area contributed by atoms with Gasteiger partial charge in [0.05, 0.1) is 18.7 Å². The molecule has 7 heteroatoms. The SMILES string of the molecule is CCN1CCc2nc(NC(=O)CC3OCCc4ccsc43)sc2C1. The van der Waals surface area contributed by atoms with Gasteiger partial charge in [-0.3, -0.25) is 9.69 Å². The van der Waals surface area contributed by atoms with Crippen LogP contribution in [0.3, 0.4) is 0 Å². The van der Waals surface area contributed by atoms with Gasteiger partial charge >= 0.3 is 0 Å². The highest BCUT2D eigenvalue weighted by Gasteiger charge is 2.26. The van der Waals surface area contributed by atoms with Gasteiger partial charge in [-0.1, -0.05) is 6.92 Å². The van der Waals surface area contributed by atoms with Gasteiger partial charge in [-0.05, 0) is 30.0 Å². The number of amides is 1. The monoisotopic (exact) mass is 363 g/mol. The molecule has 5 nitrogen and oxygen atoms in total. The van der Waals surface area contributed by atoms with E-state index < -0.39 is 0 Å². The number of nitrogens with one attached hydrogen (secondary N) is 1. The highest BCUT2D eigenvalue weighted by Crippen LogP contribution is 2.34. The number of fused-ring (bicyclic) bond motifs is 2. The number of nitrogens with zero attached hydrogens (tertiary/aromatic N) is 2. The van der Waals surface area contributed by atoms with E-state index >= 15 is 0 Å². The highest BCUT2D eigenvalue weighted by molar-refractivity contribution is 7.15. The zero-order valence-corrected chi connectivity index (χ0v) is 15.3. The summed E-state index contributed by atoms with van der Waals surface area (Å²) in [7, 11) is 0. The second-order valence-corrected chi connectivity index (χ2v) is 8.21. The smallest absolute Gasteiger partial charge is 0.229 e. The van der Waals surface area contributed by atoms with Gasteiger partial charge in [0.25, 0.3) is 0 Å². The molecule has 0 spiro atoms. The van der Waals surface area contributed by atoms with Gasteiger partial charge < -0.3 is 10.1 Å². The fraction of sp³-hybridized carbons (Fsp3) is 0.529. The van der Waals surface area contributed by atoms with Gasteiger partial charge in [0.1, 0.15) is 6.10 Å². The van der Waals surface area contributed by atoms with Crippen LogP contribution in [0.1, 0.15) is 40.5 Å². The van der Waals surface area contributed by atoms with Gasteiger partial charge in [-0.25, -0.2) is 4.98 Å². The summed E-state index contributed by atoms with van der Waals surface area (Å²) in [6.07, 6.45) is 2.17. The van der Waals surface area contributed by atoms with Crippen molar-refractivity contribution >= 4 is 33.7 Å². The minimum Gasteiger partial charge on any atom is -0.372 e. The van der Waals surface area contributed by atoms with Crippen molar-refractivity contribution in [3.8, 4) is 0 Å². The van der Waals surface area contributed by atoms with Crippen molar-refractivity contribution in [2.24, 2.45) is 0 Å². The first-order valence-electron chi connectivity index (χ1n) is 8.41. The van der Waals surface area contributed by atoms with Crippen molar-refractivity contribution in [2.45, 2.75) is 38.8 Å². The first-order chi connectivity index (χ1) is 11.7. The third-order valence-electron chi connectivity index (χ3n) is 4.64. The molecule has 1 N–H and O–H groups in total. The molecule has 0 aliphatic carbocycles. The fourth-order valence-electron chi connectivity index (χ4n) is 3.29. The van der Waals surface area contributed by atoms with Crippen molar-refractivity contribution < 1.29 is 9.53 Å². The van der Waals surface area contributed by atoms with Crippen LogP contribution in [0.5, 0.6) is 0 Å². The number of aromatic nitrogens is 1. The molecule has 1 atom stereocenters. The van der Waals surface area contributed by atoms with E-state index in [9.17, 15) is 4.79 Å². The van der Waals surface area contributed by atoms with E-state index in [1.165, 1.54) is 15.3 Å². The standard InChI is InChI=1S/C17H21N3O2S2/c1-2-20-6-3-12-14(10-20)24-17(18-12)19-15(21)9-13-16-11(4-7-22-13)5-8-23-16/h5,8,13H,2-4,6-7,9-10H2,1H3,(H,18,19,21). The van der Waals surface area contributed by atoms with Crippen LogP contribution in [0.2, 0.25) is 0 Å². The lowest BCUT2D eigenvalue weighted by atomic mass is 10.1. The average Bonchev–Trinajstić information content (AvgIpc) is 3.20. The average molecular weight is 364 g/mol. The summed E-state index contributed by atoms with van der Waals surface area (Å²) >= 11 is 3.29. The third kappa shape index (κ3) is 3.26. The van der Waals surface area contributed by atoms with Crippen LogP contribution in [0.4, 0.5) is 5.13 Å². The van der Waals surface area contributed by atoms with E-state index in [2.05, 4.69) is 33.6 Å². The molecule has 0 fully saturated rings. The molecule has 0 bridgehead atoms. The number of carbonyl (C=O) groups is 1. The zero-order valence-electron chi connectivity index (χ0n) is 13.7. The molecule has 2 aromatic heterocycles. The second kappa shape index (κ2) is 6.92. The first kappa shape index (κ1) is 16.2. The van der Waals surface area contributed by atoms with Gasteiger partial charge in [0, 0.05) is 29.3 Å². The molecule has 24 heavy (non-hydrogen) atoms. The molecular formula is C17H21N3O2S2. The van der Waals surface area contributed by atoms with Gasteiger partial charge in [-0.2, -0.15) is 0 Å². The van der Waals surface area contributed by atoms with Crippen LogP contribution in [0, 0.1) is 0 Å². The number of anilines is 1. The number of thiazole rings is 1. The van der Waals surface area contributed by atoms with E-state index in [4.69, 9.17) is 4.74 Å². The number of hydrogen-bond acceptors (Lipinski definition) is 6. The number of thiophene rings is 1. The number of carbonyl (C=O) groups excluding carboxylic acids is 1. The molecule has 0 radical (unpaired) electrons. The predicted molar refractivity (Wildman–Crippen MR) is 96.7 cm³/mol. The highest BCUT2D eigenvalue weighted by atomic mass is 32.1. The molecule has 2 aliphatic rings. The van der Waals surface area contributed by atoms with E-state index in [1.807, 2.05) is 0 Å². The van der Waals surface area contributed by atoms with E-state index in [0.717, 1.165) is 43.3 Å². The second-order valence-electron chi connectivity index (χ2n) is 6.18. The fourth-order valence-corrected chi connectivity index (χ4v) is 5.36. The first-order valence-corrected chi connectivity index (χ1v) is 10.1. The van der Waals surface area contributed by atoms with Crippen LogP contribution in [-0.2, 0) is 28.9 Å². The molecule has 1 amide bonds. The van der Waals surface area contributed by atoms with E-state index in [-0.39, 0.29) is 12.0 Å². The third-order valence-corrected chi connectivity index (χ3v) is 6.69. The minimum absolute atomic E-state index is 0.0142. The van der Waals surface area contributed by atoms with E-state index in [1.54, 1.807) is 22.7 Å². The quantitative estimate of drug-likeness (QED) is 0.906. The van der Waals surface area contributed by atoms with Gasteiger partial charge in [0.2, 0.25) is 5.91 Å². The lowest BCUT2D eigenvalue weighted by Crippen LogP contribution is -2.29. The normalized spacial score (nSPS) is 20.5. The molecule has 0 saturated heterocycles. The lowest BCUT2D eigenvalue weighted by molar-refractivity contribution is -0.119. The Labute approximate surface area is 149 Å². The summed E-state index contributed by atoms with van der Waals surface area (Å²) < 4.78 is 5.81.